The third-order valence-electron chi connectivity index (χ3n) is 5.53. The molecule has 0 atom stereocenters. The summed E-state index contributed by atoms with van der Waals surface area (Å²) in [6.07, 6.45) is 1.67. The van der Waals surface area contributed by atoms with Crippen LogP contribution in [0.25, 0.3) is 5.69 Å². The maximum atomic E-state index is 12.6. The average molecular weight is 440 g/mol. The van der Waals surface area contributed by atoms with Gasteiger partial charge in [-0.05, 0) is 49.6 Å². The highest BCUT2D eigenvalue weighted by Gasteiger charge is 2.21. The summed E-state index contributed by atoms with van der Waals surface area (Å²) in [4.78, 5) is 12.6. The molecule has 4 aromatic rings. The fourth-order valence-corrected chi connectivity index (χ4v) is 3.70. The van der Waals surface area contributed by atoms with Gasteiger partial charge in [-0.25, -0.2) is 4.68 Å². The van der Waals surface area contributed by atoms with Crippen LogP contribution in [0.3, 0.4) is 0 Å². The Labute approximate surface area is 195 Å². The van der Waals surface area contributed by atoms with Crippen molar-refractivity contribution in [1.82, 2.24) is 15.1 Å². The summed E-state index contributed by atoms with van der Waals surface area (Å²) >= 11 is 0. The van der Waals surface area contributed by atoms with Gasteiger partial charge in [0.2, 0.25) is 11.8 Å². The molecule has 0 fully saturated rings. The summed E-state index contributed by atoms with van der Waals surface area (Å²) in [5, 5.41) is 7.86. The van der Waals surface area contributed by atoms with Gasteiger partial charge in [0.1, 0.15) is 5.75 Å². The molecule has 0 bridgehead atoms. The first-order chi connectivity index (χ1) is 16.1. The van der Waals surface area contributed by atoms with E-state index < -0.39 is 0 Å². The summed E-state index contributed by atoms with van der Waals surface area (Å²) in [7, 11) is 0. The van der Waals surface area contributed by atoms with Crippen LogP contribution in [0.1, 0.15) is 35.7 Å². The predicted octanol–water partition coefficient (Wildman–Crippen LogP) is 5.78. The molecule has 5 heteroatoms. The third-order valence-corrected chi connectivity index (χ3v) is 5.53. The first-order valence-corrected chi connectivity index (χ1v) is 11.4. The van der Waals surface area contributed by atoms with E-state index in [1.54, 1.807) is 0 Å². The van der Waals surface area contributed by atoms with Gasteiger partial charge in [-0.1, -0.05) is 73.2 Å². The van der Waals surface area contributed by atoms with Crippen molar-refractivity contribution in [2.24, 2.45) is 0 Å². The van der Waals surface area contributed by atoms with Crippen LogP contribution in [-0.4, -0.2) is 15.7 Å². The Morgan fingerprint density at radius 3 is 2.27 bits per heavy atom. The largest absolute Gasteiger partial charge is 0.439 e. The number of aromatic nitrogens is 2. The maximum Gasteiger partial charge on any atom is 0.226 e. The van der Waals surface area contributed by atoms with Crippen molar-refractivity contribution < 1.29 is 9.53 Å². The second-order valence-corrected chi connectivity index (χ2v) is 8.01. The Morgan fingerprint density at radius 1 is 0.939 bits per heavy atom. The van der Waals surface area contributed by atoms with Gasteiger partial charge in [0.05, 0.1) is 11.4 Å². The molecule has 0 radical (unpaired) electrons. The van der Waals surface area contributed by atoms with Gasteiger partial charge in [0.15, 0.2) is 0 Å². The van der Waals surface area contributed by atoms with Crippen molar-refractivity contribution in [1.29, 1.82) is 0 Å². The van der Waals surface area contributed by atoms with Crippen molar-refractivity contribution in [3.05, 3.63) is 107 Å². The number of ether oxygens (including phenoxy) is 1. The van der Waals surface area contributed by atoms with Crippen LogP contribution < -0.4 is 10.1 Å². The lowest BCUT2D eigenvalue weighted by molar-refractivity contribution is -0.121. The fraction of sp³-hybridized carbons (Fsp3) is 0.214. The zero-order valence-electron chi connectivity index (χ0n) is 19.1. The van der Waals surface area contributed by atoms with Gasteiger partial charge in [-0.2, -0.15) is 5.10 Å². The molecule has 1 N–H and O–H groups in total. The van der Waals surface area contributed by atoms with Gasteiger partial charge < -0.3 is 10.1 Å². The molecule has 1 amide bonds. The van der Waals surface area contributed by atoms with E-state index >= 15 is 0 Å². The van der Waals surface area contributed by atoms with Crippen LogP contribution in [0.15, 0.2) is 84.9 Å². The molecule has 3 aromatic carbocycles. The molecule has 0 aliphatic heterocycles. The highest BCUT2D eigenvalue weighted by molar-refractivity contribution is 5.76. The van der Waals surface area contributed by atoms with Crippen LogP contribution >= 0.6 is 0 Å². The molecule has 0 spiro atoms. The molecule has 0 saturated heterocycles. The number of carbonyl (C=O) groups is 1. The van der Waals surface area contributed by atoms with E-state index in [4.69, 9.17) is 9.84 Å². The van der Waals surface area contributed by atoms with Crippen molar-refractivity contribution in [2.75, 3.05) is 0 Å². The van der Waals surface area contributed by atoms with Gasteiger partial charge in [0.25, 0.3) is 0 Å². The number of carbonyl (C=O) groups excluding carboxylic acids is 1. The van der Waals surface area contributed by atoms with Crippen LogP contribution in [0.2, 0.25) is 0 Å². The highest BCUT2D eigenvalue weighted by Crippen LogP contribution is 2.32. The van der Waals surface area contributed by atoms with Gasteiger partial charge in [0, 0.05) is 18.5 Å². The van der Waals surface area contributed by atoms with E-state index in [-0.39, 0.29) is 5.91 Å². The van der Waals surface area contributed by atoms with Crippen molar-refractivity contribution >= 4 is 5.91 Å². The number of nitrogens with one attached hydrogen (secondary N) is 1. The molecule has 1 heterocycles. The molecular weight excluding hydrogens is 410 g/mol. The Balaban J connectivity index is 1.58. The predicted molar refractivity (Wildman–Crippen MR) is 131 cm³/mol. The minimum atomic E-state index is 0.00894. The molecule has 1 aromatic heterocycles. The highest BCUT2D eigenvalue weighted by atomic mass is 16.5. The SMILES string of the molecule is CCc1nn(-c2ccccc2)c(Oc2ccc(C)cc2)c1CCC(=O)NCc1ccccc1. The summed E-state index contributed by atoms with van der Waals surface area (Å²) in [5.41, 5.74) is 5.09. The summed E-state index contributed by atoms with van der Waals surface area (Å²) in [5.74, 6) is 1.42. The number of rotatable bonds is 9. The quantitative estimate of drug-likeness (QED) is 0.359. The summed E-state index contributed by atoms with van der Waals surface area (Å²) in [6, 6.07) is 27.8. The van der Waals surface area contributed by atoms with E-state index in [1.807, 2.05) is 96.5 Å². The lowest BCUT2D eigenvalue weighted by Crippen LogP contribution is -2.23. The van der Waals surface area contributed by atoms with E-state index in [0.29, 0.717) is 25.3 Å². The molecule has 5 nitrogen and oxygen atoms in total. The molecule has 33 heavy (non-hydrogen) atoms. The monoisotopic (exact) mass is 439 g/mol. The van der Waals surface area contributed by atoms with Crippen LogP contribution in [-0.2, 0) is 24.2 Å². The first-order valence-electron chi connectivity index (χ1n) is 11.4. The first kappa shape index (κ1) is 22.3. The zero-order valence-corrected chi connectivity index (χ0v) is 19.1. The van der Waals surface area contributed by atoms with Crippen molar-refractivity contribution in [3.8, 4) is 17.3 Å². The van der Waals surface area contributed by atoms with Crippen LogP contribution in [0.5, 0.6) is 11.6 Å². The standard InChI is InChI=1S/C28H29N3O2/c1-3-26-25(18-19-27(32)29-20-22-10-6-4-7-11-22)28(33-24-16-14-21(2)15-17-24)31(30-26)23-12-8-5-9-13-23/h4-17H,3,18-20H2,1-2H3,(H,29,32). The molecule has 0 aliphatic carbocycles. The zero-order chi connectivity index (χ0) is 23.0. The normalized spacial score (nSPS) is 10.7. The average Bonchev–Trinajstić information content (AvgIpc) is 3.21. The van der Waals surface area contributed by atoms with E-state index in [2.05, 4.69) is 12.2 Å². The van der Waals surface area contributed by atoms with Crippen molar-refractivity contribution in [3.63, 3.8) is 0 Å². The lowest BCUT2D eigenvalue weighted by atomic mass is 10.1. The number of hydrogen-bond acceptors (Lipinski definition) is 3. The Bertz CT molecular complexity index is 1180. The summed E-state index contributed by atoms with van der Waals surface area (Å²) < 4.78 is 8.21. The van der Waals surface area contributed by atoms with E-state index in [1.165, 1.54) is 5.56 Å². The smallest absolute Gasteiger partial charge is 0.226 e. The topological polar surface area (TPSA) is 56.2 Å². The lowest BCUT2D eigenvalue weighted by Gasteiger charge is -2.12. The molecule has 168 valence electrons. The minimum absolute atomic E-state index is 0.00894. The van der Waals surface area contributed by atoms with E-state index in [9.17, 15) is 4.79 Å². The second kappa shape index (κ2) is 10.6. The van der Waals surface area contributed by atoms with Crippen LogP contribution in [0.4, 0.5) is 0 Å². The number of amides is 1. The number of nitrogens with zero attached hydrogens (tertiary/aromatic N) is 2. The fourth-order valence-electron chi connectivity index (χ4n) is 3.70. The number of benzene rings is 3. The second-order valence-electron chi connectivity index (χ2n) is 8.01. The Morgan fingerprint density at radius 2 is 1.61 bits per heavy atom. The number of para-hydroxylation sites is 1. The molecule has 0 saturated carbocycles. The molecule has 0 unspecified atom stereocenters. The van der Waals surface area contributed by atoms with Gasteiger partial charge in [-0.3, -0.25) is 4.79 Å². The molecule has 0 aliphatic rings. The number of aryl methyl sites for hydroxylation is 2. The molecule has 4 rings (SSSR count). The third kappa shape index (κ3) is 5.69. The number of hydrogen-bond donors (Lipinski definition) is 1. The van der Waals surface area contributed by atoms with Gasteiger partial charge >= 0.3 is 0 Å². The minimum Gasteiger partial charge on any atom is -0.439 e. The maximum absolute atomic E-state index is 12.6. The summed E-state index contributed by atoms with van der Waals surface area (Å²) in [6.45, 7) is 4.65. The van der Waals surface area contributed by atoms with Crippen molar-refractivity contribution in [2.45, 2.75) is 39.7 Å². The Hall–Kier alpha value is -3.86. The van der Waals surface area contributed by atoms with Crippen LogP contribution in [0, 0.1) is 6.92 Å². The molecular formula is C28H29N3O2. The Kier molecular flexibility index (Phi) is 7.20. The van der Waals surface area contributed by atoms with E-state index in [0.717, 1.165) is 34.7 Å². The van der Waals surface area contributed by atoms with Gasteiger partial charge in [-0.15, -0.1) is 0 Å².